The summed E-state index contributed by atoms with van der Waals surface area (Å²) in [6, 6.07) is 17.9. The molecular formula is C28H24Cl2N6O2. The number of para-hydroxylation sites is 2. The third-order valence-electron chi connectivity index (χ3n) is 6.22. The molecule has 0 bridgehead atoms. The number of hydrogen-bond donors (Lipinski definition) is 4. The van der Waals surface area contributed by atoms with Gasteiger partial charge in [-0.25, -0.2) is 9.78 Å². The number of imidazole rings is 1. The van der Waals surface area contributed by atoms with Gasteiger partial charge in [-0.2, -0.15) is 0 Å². The van der Waals surface area contributed by atoms with Crippen molar-refractivity contribution in [2.45, 2.75) is 6.92 Å². The predicted molar refractivity (Wildman–Crippen MR) is 156 cm³/mol. The molecule has 0 atom stereocenters. The molecular weight excluding hydrogens is 523 g/mol. The van der Waals surface area contributed by atoms with Crippen LogP contribution in [0.3, 0.4) is 0 Å². The number of rotatable bonds is 6. The average molecular weight is 547 g/mol. The van der Waals surface area contributed by atoms with Gasteiger partial charge in [0.1, 0.15) is 0 Å². The molecule has 0 saturated heterocycles. The van der Waals surface area contributed by atoms with Gasteiger partial charge in [0.15, 0.2) is 0 Å². The highest BCUT2D eigenvalue weighted by Gasteiger charge is 2.17. The third-order valence-corrected chi connectivity index (χ3v) is 6.85. The first-order valence-electron chi connectivity index (χ1n) is 11.8. The molecule has 0 saturated carbocycles. The maximum atomic E-state index is 13.3. The predicted octanol–water partition coefficient (Wildman–Crippen LogP) is 6.61. The topological polar surface area (TPSA) is 104 Å². The summed E-state index contributed by atoms with van der Waals surface area (Å²) >= 11 is 12.6. The van der Waals surface area contributed by atoms with Crippen LogP contribution in [0, 0.1) is 6.92 Å². The molecule has 0 aliphatic rings. The lowest BCUT2D eigenvalue weighted by Gasteiger charge is -2.11. The average Bonchev–Trinajstić information content (AvgIpc) is 3.22. The summed E-state index contributed by atoms with van der Waals surface area (Å²) in [5.74, 6) is 0.503. The quantitative estimate of drug-likeness (QED) is 0.192. The Morgan fingerprint density at radius 1 is 1.05 bits per heavy atom. The molecule has 0 unspecified atom stereocenters. The third kappa shape index (κ3) is 4.96. The Bertz CT molecular complexity index is 1740. The number of nitrogens with one attached hydrogen (secondary N) is 4. The molecule has 2 amide bonds. The first kappa shape index (κ1) is 25.4. The van der Waals surface area contributed by atoms with Crippen LogP contribution >= 0.6 is 23.2 Å². The number of anilines is 3. The zero-order valence-corrected chi connectivity index (χ0v) is 22.1. The number of pyridine rings is 1. The van der Waals surface area contributed by atoms with Crippen LogP contribution in [-0.2, 0) is 7.05 Å². The number of H-pyrrole nitrogens is 1. The SMILES string of the molecule is Cc1c(/C=C/CNC(=O)Nc2ccccc2)[nH]c(=O)c2c1ccc1nc(Nc3c(Cl)cccc3Cl)n(C)c12. The molecule has 0 radical (unpaired) electrons. The van der Waals surface area contributed by atoms with Crippen LogP contribution in [0.25, 0.3) is 27.9 Å². The number of carbonyl (C=O) groups is 1. The minimum absolute atomic E-state index is 0.240. The summed E-state index contributed by atoms with van der Waals surface area (Å²) in [6.07, 6.45) is 3.57. The normalized spacial score (nSPS) is 11.4. The Morgan fingerprint density at radius 3 is 2.53 bits per heavy atom. The van der Waals surface area contributed by atoms with Crippen LogP contribution in [-0.4, -0.2) is 27.1 Å². The number of urea groups is 1. The monoisotopic (exact) mass is 546 g/mol. The van der Waals surface area contributed by atoms with E-state index in [1.807, 2.05) is 61.0 Å². The maximum Gasteiger partial charge on any atom is 0.319 e. The van der Waals surface area contributed by atoms with Crippen LogP contribution in [0.5, 0.6) is 0 Å². The van der Waals surface area contributed by atoms with Crippen molar-refractivity contribution in [2.24, 2.45) is 7.05 Å². The van der Waals surface area contributed by atoms with Crippen LogP contribution < -0.4 is 21.5 Å². The molecule has 2 aromatic heterocycles. The van der Waals surface area contributed by atoms with Crippen molar-refractivity contribution < 1.29 is 4.79 Å². The summed E-state index contributed by atoms with van der Waals surface area (Å²) < 4.78 is 1.82. The molecule has 0 spiro atoms. The van der Waals surface area contributed by atoms with Crippen molar-refractivity contribution in [1.29, 1.82) is 0 Å². The van der Waals surface area contributed by atoms with Crippen molar-refractivity contribution in [1.82, 2.24) is 19.9 Å². The minimum Gasteiger partial charge on any atom is -0.334 e. The van der Waals surface area contributed by atoms with Crippen LogP contribution in [0.4, 0.5) is 22.1 Å². The van der Waals surface area contributed by atoms with E-state index in [1.54, 1.807) is 30.4 Å². The number of carbonyl (C=O) groups excluding carboxylic acids is 1. The number of aryl methyl sites for hydroxylation is 2. The van der Waals surface area contributed by atoms with Crippen molar-refractivity contribution in [3.63, 3.8) is 0 Å². The molecule has 3 aromatic carbocycles. The van der Waals surface area contributed by atoms with Crippen molar-refractivity contribution in [2.75, 3.05) is 17.2 Å². The number of nitrogens with zero attached hydrogens (tertiary/aromatic N) is 2. The Kier molecular flexibility index (Phi) is 7.09. The van der Waals surface area contributed by atoms with Crippen molar-refractivity contribution in [3.05, 3.63) is 98.4 Å². The van der Waals surface area contributed by atoms with Gasteiger partial charge in [0.25, 0.3) is 5.56 Å². The molecule has 8 nitrogen and oxygen atoms in total. The van der Waals surface area contributed by atoms with Crippen LogP contribution in [0.1, 0.15) is 11.3 Å². The largest absolute Gasteiger partial charge is 0.334 e. The number of benzene rings is 3. The number of hydrogen-bond acceptors (Lipinski definition) is 4. The van der Waals surface area contributed by atoms with Gasteiger partial charge in [0.05, 0.1) is 32.2 Å². The highest BCUT2D eigenvalue weighted by molar-refractivity contribution is 6.39. The van der Waals surface area contributed by atoms with E-state index >= 15 is 0 Å². The number of amides is 2. The first-order chi connectivity index (χ1) is 18.3. The fourth-order valence-corrected chi connectivity index (χ4v) is 4.80. The smallest absolute Gasteiger partial charge is 0.319 e. The van der Waals surface area contributed by atoms with E-state index in [1.165, 1.54) is 0 Å². The van der Waals surface area contributed by atoms with Gasteiger partial charge in [0, 0.05) is 25.0 Å². The van der Waals surface area contributed by atoms with Crippen molar-refractivity contribution in [3.8, 4) is 0 Å². The standard InChI is InChI=1S/C28H24Cl2N6O2/c1-16-18-13-14-22-25(36(2)27(34-22)35-24-19(29)10-6-11-20(24)30)23(18)26(37)33-21(16)12-7-15-31-28(38)32-17-8-4-3-5-9-17/h3-14H,15H2,1-2H3,(H,33,37)(H,34,35)(H2,31,32,38)/b12-7+. The number of fused-ring (bicyclic) bond motifs is 3. The Hall–Kier alpha value is -4.27. The van der Waals surface area contributed by atoms with Gasteiger partial charge in [-0.1, -0.05) is 59.6 Å². The lowest BCUT2D eigenvalue weighted by atomic mass is 10.0. The molecule has 0 aliphatic carbocycles. The molecule has 0 fully saturated rings. The Labute approximate surface area is 228 Å². The lowest BCUT2D eigenvalue weighted by Crippen LogP contribution is -2.28. The molecule has 5 rings (SSSR count). The van der Waals surface area contributed by atoms with Crippen molar-refractivity contribution >= 4 is 74.4 Å². The fourth-order valence-electron chi connectivity index (χ4n) is 4.30. The summed E-state index contributed by atoms with van der Waals surface area (Å²) in [6.45, 7) is 2.23. The molecule has 38 heavy (non-hydrogen) atoms. The Morgan fingerprint density at radius 2 is 1.79 bits per heavy atom. The molecule has 4 N–H and O–H groups in total. The molecule has 10 heteroatoms. The lowest BCUT2D eigenvalue weighted by molar-refractivity contribution is 0.253. The second kappa shape index (κ2) is 10.6. The second-order valence-electron chi connectivity index (χ2n) is 8.67. The summed E-state index contributed by atoms with van der Waals surface area (Å²) in [7, 11) is 1.83. The fraction of sp³-hybridized carbons (Fsp3) is 0.107. The van der Waals surface area contributed by atoms with E-state index in [9.17, 15) is 9.59 Å². The minimum atomic E-state index is -0.314. The zero-order chi connectivity index (χ0) is 26.8. The zero-order valence-electron chi connectivity index (χ0n) is 20.6. The van der Waals surface area contributed by atoms with E-state index in [-0.39, 0.29) is 11.6 Å². The Balaban J connectivity index is 1.41. The van der Waals surface area contributed by atoms with Crippen LogP contribution in [0.15, 0.2) is 71.5 Å². The highest BCUT2D eigenvalue weighted by Crippen LogP contribution is 2.34. The van der Waals surface area contributed by atoms with E-state index in [0.29, 0.717) is 56.0 Å². The van der Waals surface area contributed by atoms with E-state index in [0.717, 1.165) is 10.9 Å². The van der Waals surface area contributed by atoms with E-state index in [2.05, 4.69) is 25.9 Å². The number of aromatic amines is 1. The van der Waals surface area contributed by atoms with E-state index < -0.39 is 0 Å². The second-order valence-corrected chi connectivity index (χ2v) is 9.48. The van der Waals surface area contributed by atoms with Gasteiger partial charge in [-0.15, -0.1) is 0 Å². The summed E-state index contributed by atoms with van der Waals surface area (Å²) in [5.41, 5.74) is 3.92. The molecule has 5 aromatic rings. The van der Waals surface area contributed by atoms with E-state index in [4.69, 9.17) is 23.2 Å². The summed E-state index contributed by atoms with van der Waals surface area (Å²) in [5, 5.41) is 11.0. The summed E-state index contributed by atoms with van der Waals surface area (Å²) in [4.78, 5) is 33.0. The highest BCUT2D eigenvalue weighted by atomic mass is 35.5. The maximum absolute atomic E-state index is 13.3. The first-order valence-corrected chi connectivity index (χ1v) is 12.6. The van der Waals surface area contributed by atoms with Gasteiger partial charge in [-0.05, 0) is 54.3 Å². The molecule has 192 valence electrons. The van der Waals surface area contributed by atoms with Crippen LogP contribution in [0.2, 0.25) is 10.0 Å². The van der Waals surface area contributed by atoms with Gasteiger partial charge >= 0.3 is 6.03 Å². The molecule has 2 heterocycles. The van der Waals surface area contributed by atoms with Gasteiger partial charge in [0.2, 0.25) is 5.95 Å². The molecule has 0 aliphatic heterocycles. The number of aromatic nitrogens is 3. The van der Waals surface area contributed by atoms with Gasteiger partial charge < -0.3 is 25.5 Å². The number of halogens is 2. The van der Waals surface area contributed by atoms with Gasteiger partial charge in [-0.3, -0.25) is 4.79 Å².